The number of nitrogens with zero attached hydrogens (tertiary/aromatic N) is 1. The Morgan fingerprint density at radius 1 is 1.33 bits per heavy atom. The first-order valence-electron chi connectivity index (χ1n) is 7.75. The number of rotatable bonds is 4. The minimum atomic E-state index is 0.153. The molecular formula is C17H26Cl2N2. The van der Waals surface area contributed by atoms with Gasteiger partial charge in [-0.2, -0.15) is 0 Å². The van der Waals surface area contributed by atoms with Crippen LogP contribution in [0.15, 0.2) is 18.2 Å². The summed E-state index contributed by atoms with van der Waals surface area (Å²) in [6.07, 6.45) is 1.20. The third-order valence-electron chi connectivity index (χ3n) is 4.53. The quantitative estimate of drug-likeness (QED) is 0.869. The number of hydrogen-bond acceptors (Lipinski definition) is 2. The van der Waals surface area contributed by atoms with Crippen molar-refractivity contribution in [1.82, 2.24) is 10.2 Å². The minimum absolute atomic E-state index is 0.153. The molecule has 0 bridgehead atoms. The maximum Gasteiger partial charge on any atom is 0.0595 e. The summed E-state index contributed by atoms with van der Waals surface area (Å²) in [7, 11) is 0. The van der Waals surface area contributed by atoms with Crippen LogP contribution in [0.4, 0.5) is 0 Å². The highest BCUT2D eigenvalue weighted by molar-refractivity contribution is 6.42. The molecule has 2 rings (SSSR count). The first-order valence-corrected chi connectivity index (χ1v) is 8.51. The van der Waals surface area contributed by atoms with Gasteiger partial charge in [-0.1, -0.05) is 49.5 Å². The second-order valence-corrected chi connectivity index (χ2v) is 7.69. The fraction of sp³-hybridized carbons (Fsp3) is 0.647. The van der Waals surface area contributed by atoms with Crippen LogP contribution in [0, 0.1) is 5.92 Å². The molecule has 1 aliphatic heterocycles. The third-order valence-corrected chi connectivity index (χ3v) is 5.27. The molecule has 1 aromatic rings. The average Bonchev–Trinajstić information content (AvgIpc) is 2.41. The van der Waals surface area contributed by atoms with E-state index in [0.717, 1.165) is 19.6 Å². The molecule has 1 aliphatic rings. The molecule has 2 unspecified atom stereocenters. The minimum Gasteiger partial charge on any atom is -0.309 e. The van der Waals surface area contributed by atoms with Crippen molar-refractivity contribution < 1.29 is 0 Å². The lowest BCUT2D eigenvalue weighted by molar-refractivity contribution is 0.0571. The lowest BCUT2D eigenvalue weighted by Gasteiger charge is -2.47. The van der Waals surface area contributed by atoms with Crippen molar-refractivity contribution in [3.05, 3.63) is 33.8 Å². The van der Waals surface area contributed by atoms with Crippen molar-refractivity contribution in [2.24, 2.45) is 5.92 Å². The molecule has 21 heavy (non-hydrogen) atoms. The Morgan fingerprint density at radius 3 is 2.67 bits per heavy atom. The topological polar surface area (TPSA) is 15.3 Å². The Bertz CT molecular complexity index is 488. The molecule has 118 valence electrons. The van der Waals surface area contributed by atoms with E-state index in [2.05, 4.69) is 44.0 Å². The fourth-order valence-corrected chi connectivity index (χ4v) is 3.39. The van der Waals surface area contributed by atoms with Crippen LogP contribution in [0.1, 0.15) is 39.7 Å². The Kier molecular flexibility index (Phi) is 5.59. The van der Waals surface area contributed by atoms with Crippen LogP contribution in [0.2, 0.25) is 10.0 Å². The summed E-state index contributed by atoms with van der Waals surface area (Å²) in [4.78, 5) is 2.59. The van der Waals surface area contributed by atoms with Gasteiger partial charge >= 0.3 is 0 Å². The molecule has 1 aromatic carbocycles. The summed E-state index contributed by atoms with van der Waals surface area (Å²) >= 11 is 12.2. The van der Waals surface area contributed by atoms with Crippen molar-refractivity contribution in [3.63, 3.8) is 0 Å². The molecule has 1 N–H and O–H groups in total. The molecule has 1 saturated heterocycles. The van der Waals surface area contributed by atoms with Crippen LogP contribution in [0.3, 0.4) is 0 Å². The van der Waals surface area contributed by atoms with Crippen LogP contribution < -0.4 is 5.32 Å². The van der Waals surface area contributed by atoms with Gasteiger partial charge < -0.3 is 5.32 Å². The molecule has 0 aromatic heterocycles. The zero-order valence-corrected chi connectivity index (χ0v) is 14.9. The van der Waals surface area contributed by atoms with Gasteiger partial charge in [-0.05, 0) is 37.5 Å². The fourth-order valence-electron chi connectivity index (χ4n) is 3.07. The number of hydrogen-bond donors (Lipinski definition) is 1. The molecule has 4 heteroatoms. The summed E-state index contributed by atoms with van der Waals surface area (Å²) in [5, 5.41) is 4.94. The van der Waals surface area contributed by atoms with Crippen LogP contribution in [0.25, 0.3) is 0 Å². The van der Waals surface area contributed by atoms with Crippen molar-refractivity contribution in [2.45, 2.75) is 52.2 Å². The SMILES string of the molecule is CCC(C)C1CNC(C)(C)CN1Cc1ccc(Cl)c(Cl)c1. The summed E-state index contributed by atoms with van der Waals surface area (Å²) in [6, 6.07) is 6.53. The van der Waals surface area contributed by atoms with E-state index in [-0.39, 0.29) is 5.54 Å². The number of nitrogens with one attached hydrogen (secondary N) is 1. The zero-order chi connectivity index (χ0) is 15.6. The van der Waals surface area contributed by atoms with Crippen LogP contribution in [-0.2, 0) is 6.54 Å². The second kappa shape index (κ2) is 6.87. The molecule has 0 aliphatic carbocycles. The van der Waals surface area contributed by atoms with Gasteiger partial charge in [0, 0.05) is 31.2 Å². The van der Waals surface area contributed by atoms with Crippen molar-refractivity contribution >= 4 is 23.2 Å². The number of halogens is 2. The van der Waals surface area contributed by atoms with E-state index >= 15 is 0 Å². The normalized spacial score (nSPS) is 24.0. The van der Waals surface area contributed by atoms with Gasteiger partial charge in [0.15, 0.2) is 0 Å². The molecular weight excluding hydrogens is 303 g/mol. The second-order valence-electron chi connectivity index (χ2n) is 6.87. The summed E-state index contributed by atoms with van der Waals surface area (Å²) < 4.78 is 0. The Balaban J connectivity index is 2.17. The van der Waals surface area contributed by atoms with Gasteiger partial charge in [0.1, 0.15) is 0 Å². The molecule has 0 spiro atoms. The molecule has 0 saturated carbocycles. The van der Waals surface area contributed by atoms with Crippen molar-refractivity contribution in [2.75, 3.05) is 13.1 Å². The third kappa shape index (κ3) is 4.35. The molecule has 0 amide bonds. The van der Waals surface area contributed by atoms with Crippen molar-refractivity contribution in [3.8, 4) is 0 Å². The maximum absolute atomic E-state index is 6.15. The molecule has 1 fully saturated rings. The van der Waals surface area contributed by atoms with E-state index in [1.165, 1.54) is 12.0 Å². The highest BCUT2D eigenvalue weighted by Crippen LogP contribution is 2.27. The summed E-state index contributed by atoms with van der Waals surface area (Å²) in [5.41, 5.74) is 1.38. The predicted octanol–water partition coefficient (Wildman–Crippen LogP) is 4.59. The smallest absolute Gasteiger partial charge is 0.0595 e. The molecule has 1 heterocycles. The first-order chi connectivity index (χ1) is 9.82. The van der Waals surface area contributed by atoms with Crippen LogP contribution >= 0.6 is 23.2 Å². The van der Waals surface area contributed by atoms with E-state index in [1.807, 2.05) is 12.1 Å². The van der Waals surface area contributed by atoms with E-state index < -0.39 is 0 Å². The molecule has 2 nitrogen and oxygen atoms in total. The summed E-state index contributed by atoms with van der Waals surface area (Å²) in [6.45, 7) is 12.2. The lowest BCUT2D eigenvalue weighted by atomic mass is 9.90. The van der Waals surface area contributed by atoms with Gasteiger partial charge in [0.25, 0.3) is 0 Å². The number of benzene rings is 1. The average molecular weight is 329 g/mol. The van der Waals surface area contributed by atoms with Gasteiger partial charge in [0.2, 0.25) is 0 Å². The van der Waals surface area contributed by atoms with E-state index in [1.54, 1.807) is 0 Å². The summed E-state index contributed by atoms with van der Waals surface area (Å²) in [5.74, 6) is 0.677. The predicted molar refractivity (Wildman–Crippen MR) is 92.2 cm³/mol. The highest BCUT2D eigenvalue weighted by Gasteiger charge is 2.34. The van der Waals surface area contributed by atoms with Crippen LogP contribution in [-0.4, -0.2) is 29.6 Å². The van der Waals surface area contributed by atoms with E-state index in [9.17, 15) is 0 Å². The van der Waals surface area contributed by atoms with E-state index in [4.69, 9.17) is 23.2 Å². The Labute approximate surface area is 138 Å². The Morgan fingerprint density at radius 2 is 2.05 bits per heavy atom. The zero-order valence-electron chi connectivity index (χ0n) is 13.4. The standard InChI is InChI=1S/C17H26Cl2N2/c1-5-12(2)16-9-20-17(3,4)11-21(16)10-13-6-7-14(18)15(19)8-13/h6-8,12,16,20H,5,9-11H2,1-4H3. The molecule has 2 atom stereocenters. The largest absolute Gasteiger partial charge is 0.309 e. The lowest BCUT2D eigenvalue weighted by Crippen LogP contribution is -2.62. The van der Waals surface area contributed by atoms with Gasteiger partial charge in [-0.25, -0.2) is 0 Å². The van der Waals surface area contributed by atoms with Crippen molar-refractivity contribution in [1.29, 1.82) is 0 Å². The van der Waals surface area contributed by atoms with Gasteiger partial charge in [0.05, 0.1) is 10.0 Å². The van der Waals surface area contributed by atoms with Gasteiger partial charge in [-0.15, -0.1) is 0 Å². The maximum atomic E-state index is 6.15. The van der Waals surface area contributed by atoms with Crippen LogP contribution in [0.5, 0.6) is 0 Å². The monoisotopic (exact) mass is 328 g/mol. The highest BCUT2D eigenvalue weighted by atomic mass is 35.5. The van der Waals surface area contributed by atoms with E-state index in [0.29, 0.717) is 22.0 Å². The van der Waals surface area contributed by atoms with Gasteiger partial charge in [-0.3, -0.25) is 4.90 Å². The molecule has 0 radical (unpaired) electrons. The Hall–Kier alpha value is -0.280. The first kappa shape index (κ1) is 17.1. The number of piperazine rings is 1.